The molecule has 3 N–H and O–H groups in total. The van der Waals surface area contributed by atoms with E-state index in [4.69, 9.17) is 10.9 Å². The van der Waals surface area contributed by atoms with E-state index in [9.17, 15) is 8.78 Å². The molecule has 8 heteroatoms. The van der Waals surface area contributed by atoms with Crippen LogP contribution in [-0.2, 0) is 0 Å². The lowest BCUT2D eigenvalue weighted by atomic mass is 9.96. The molecule has 0 atom stereocenters. The first kappa shape index (κ1) is 21.9. The highest BCUT2D eigenvalue weighted by Gasteiger charge is 2.23. The van der Waals surface area contributed by atoms with E-state index in [-0.39, 0.29) is 6.04 Å². The van der Waals surface area contributed by atoms with Gasteiger partial charge in [-0.25, -0.2) is 8.78 Å². The fourth-order valence-electron chi connectivity index (χ4n) is 4.55. The molecule has 0 amide bonds. The summed E-state index contributed by atoms with van der Waals surface area (Å²) in [6.45, 7) is 1.45. The normalized spacial score (nSPS) is 14.9. The summed E-state index contributed by atoms with van der Waals surface area (Å²) in [6.07, 6.45) is 6.23. The van der Waals surface area contributed by atoms with E-state index in [1.807, 2.05) is 30.3 Å². The molecule has 172 valence electrons. The first-order valence-electron chi connectivity index (χ1n) is 11.1. The summed E-state index contributed by atoms with van der Waals surface area (Å²) in [7, 11) is 0. The van der Waals surface area contributed by atoms with E-state index in [0.717, 1.165) is 59.7 Å². The molecule has 0 aliphatic carbocycles. The van der Waals surface area contributed by atoms with Gasteiger partial charge in [0.15, 0.2) is 0 Å². The Hall–Kier alpha value is -3.91. The number of nitrogens with zero attached hydrogens (tertiary/aromatic N) is 4. The van der Waals surface area contributed by atoms with Crippen LogP contribution in [-0.4, -0.2) is 40.5 Å². The maximum atomic E-state index is 14.1. The van der Waals surface area contributed by atoms with Crippen LogP contribution >= 0.6 is 0 Å². The highest BCUT2D eigenvalue weighted by Crippen LogP contribution is 2.40. The number of piperidine rings is 1. The number of rotatable bonds is 4. The third-order valence-electron chi connectivity index (χ3n) is 6.20. The summed E-state index contributed by atoms with van der Waals surface area (Å²) in [5, 5.41) is 13.0. The van der Waals surface area contributed by atoms with Crippen molar-refractivity contribution in [2.24, 2.45) is 10.9 Å². The van der Waals surface area contributed by atoms with Gasteiger partial charge < -0.3 is 15.8 Å². The molecule has 1 saturated heterocycles. The molecule has 2 aromatic heterocycles. The number of aromatic nitrogens is 2. The average Bonchev–Trinajstić information content (AvgIpc) is 2.83. The molecule has 0 radical (unpaired) electrons. The highest BCUT2D eigenvalue weighted by molar-refractivity contribution is 6.02. The van der Waals surface area contributed by atoms with E-state index in [1.165, 1.54) is 18.3 Å². The smallest absolute Gasteiger partial charge is 0.126 e. The molecular formula is C26H23F2N5O. The number of hydrogen-bond acceptors (Lipinski definition) is 6. The van der Waals surface area contributed by atoms with Crippen LogP contribution in [0.15, 0.2) is 66.1 Å². The Bertz CT molecular complexity index is 1360. The average molecular weight is 460 g/mol. The summed E-state index contributed by atoms with van der Waals surface area (Å²) in [5.74, 6) is -1.28. The monoisotopic (exact) mass is 459 g/mol. The molecule has 4 aromatic rings. The van der Waals surface area contributed by atoms with Crippen LogP contribution in [0.4, 0.5) is 14.5 Å². The Morgan fingerprint density at radius 1 is 0.971 bits per heavy atom. The topological polar surface area (TPSA) is 87.6 Å². The van der Waals surface area contributed by atoms with Crippen molar-refractivity contribution in [3.05, 3.63) is 78.3 Å². The SMILES string of the molecule is NC1CCN(c2c(-c3cc(F)cc(F)c3)cnc3ccc(-c4cccnc4C=NO)cc23)CC1. The lowest BCUT2D eigenvalue weighted by Gasteiger charge is -2.34. The third kappa shape index (κ3) is 4.20. The molecule has 5 rings (SSSR count). The fourth-order valence-corrected chi connectivity index (χ4v) is 4.55. The number of nitrogens with two attached hydrogens (primary N) is 1. The van der Waals surface area contributed by atoms with Crippen molar-refractivity contribution in [3.8, 4) is 22.3 Å². The van der Waals surface area contributed by atoms with Crippen molar-refractivity contribution >= 4 is 22.8 Å². The molecule has 1 aliphatic heterocycles. The van der Waals surface area contributed by atoms with Gasteiger partial charge in [-0.2, -0.15) is 0 Å². The molecule has 3 heterocycles. The number of fused-ring (bicyclic) bond motifs is 1. The first-order valence-corrected chi connectivity index (χ1v) is 11.1. The van der Waals surface area contributed by atoms with Gasteiger partial charge in [-0.15, -0.1) is 0 Å². The maximum Gasteiger partial charge on any atom is 0.126 e. The minimum absolute atomic E-state index is 0.130. The zero-order valence-electron chi connectivity index (χ0n) is 18.3. The van der Waals surface area contributed by atoms with Gasteiger partial charge >= 0.3 is 0 Å². The lowest BCUT2D eigenvalue weighted by molar-refractivity contribution is 0.321. The van der Waals surface area contributed by atoms with Crippen molar-refractivity contribution < 1.29 is 14.0 Å². The van der Waals surface area contributed by atoms with E-state index >= 15 is 0 Å². The van der Waals surface area contributed by atoms with Gasteiger partial charge in [-0.1, -0.05) is 17.3 Å². The molecule has 0 bridgehead atoms. The number of benzene rings is 2. The van der Waals surface area contributed by atoms with Crippen molar-refractivity contribution in [1.29, 1.82) is 0 Å². The number of hydrogen-bond donors (Lipinski definition) is 2. The fraction of sp³-hybridized carbons (Fsp3) is 0.192. The van der Waals surface area contributed by atoms with E-state index in [1.54, 1.807) is 12.4 Å². The maximum absolute atomic E-state index is 14.1. The molecule has 0 saturated carbocycles. The number of anilines is 1. The van der Waals surface area contributed by atoms with Gasteiger partial charge in [-0.05, 0) is 54.3 Å². The van der Waals surface area contributed by atoms with E-state index < -0.39 is 11.6 Å². The van der Waals surface area contributed by atoms with Crippen LogP contribution in [0.25, 0.3) is 33.2 Å². The second kappa shape index (κ2) is 9.15. The highest BCUT2D eigenvalue weighted by atomic mass is 19.1. The molecule has 6 nitrogen and oxygen atoms in total. The summed E-state index contributed by atoms with van der Waals surface area (Å²) in [5.41, 5.74) is 11.0. The summed E-state index contributed by atoms with van der Waals surface area (Å²) < 4.78 is 28.2. The molecule has 0 spiro atoms. The molecule has 1 aliphatic rings. The molecular weight excluding hydrogens is 436 g/mol. The summed E-state index contributed by atoms with van der Waals surface area (Å²) in [4.78, 5) is 11.1. The number of pyridine rings is 2. The predicted octanol–water partition coefficient (Wildman–Crippen LogP) is 4.98. The number of halogens is 2. The predicted molar refractivity (Wildman–Crippen MR) is 129 cm³/mol. The van der Waals surface area contributed by atoms with E-state index in [2.05, 4.69) is 20.0 Å². The zero-order valence-corrected chi connectivity index (χ0v) is 18.3. The van der Waals surface area contributed by atoms with Crippen molar-refractivity contribution in [2.45, 2.75) is 18.9 Å². The Morgan fingerprint density at radius 2 is 1.74 bits per heavy atom. The standard InChI is InChI=1S/C26H23F2N5O/c27-18-10-17(11-19(28)13-18)23-14-31-24-4-3-16(21-2-1-7-30-25(21)15-32-34)12-22(24)26(23)33-8-5-20(29)6-9-33/h1-4,7,10-15,20,34H,5-6,8-9,29H2. The molecule has 34 heavy (non-hydrogen) atoms. The van der Waals surface area contributed by atoms with Crippen LogP contribution in [0.1, 0.15) is 18.5 Å². The van der Waals surface area contributed by atoms with Crippen molar-refractivity contribution in [2.75, 3.05) is 18.0 Å². The Balaban J connectivity index is 1.75. The van der Waals surface area contributed by atoms with Gasteiger partial charge in [0.2, 0.25) is 0 Å². The largest absolute Gasteiger partial charge is 0.411 e. The molecule has 0 unspecified atom stereocenters. The van der Waals surface area contributed by atoms with Crippen molar-refractivity contribution in [3.63, 3.8) is 0 Å². The second-order valence-corrected chi connectivity index (χ2v) is 8.42. The minimum Gasteiger partial charge on any atom is -0.411 e. The van der Waals surface area contributed by atoms with Crippen LogP contribution in [0.5, 0.6) is 0 Å². The first-order chi connectivity index (χ1) is 16.5. The van der Waals surface area contributed by atoms with Gasteiger partial charge in [0.1, 0.15) is 11.6 Å². The van der Waals surface area contributed by atoms with Gasteiger partial charge in [0.05, 0.1) is 23.1 Å². The third-order valence-corrected chi connectivity index (χ3v) is 6.20. The van der Waals surface area contributed by atoms with Crippen LogP contribution < -0.4 is 10.6 Å². The van der Waals surface area contributed by atoms with Crippen LogP contribution in [0.3, 0.4) is 0 Å². The van der Waals surface area contributed by atoms with Crippen molar-refractivity contribution in [1.82, 2.24) is 9.97 Å². The quantitative estimate of drug-likeness (QED) is 0.255. The zero-order chi connectivity index (χ0) is 23.7. The van der Waals surface area contributed by atoms with E-state index in [0.29, 0.717) is 16.8 Å². The molecule has 1 fully saturated rings. The summed E-state index contributed by atoms with van der Waals surface area (Å²) >= 11 is 0. The van der Waals surface area contributed by atoms with Gasteiger partial charge in [-0.3, -0.25) is 9.97 Å². The van der Waals surface area contributed by atoms with Crippen LogP contribution in [0.2, 0.25) is 0 Å². The number of oxime groups is 1. The molecule has 2 aromatic carbocycles. The lowest BCUT2D eigenvalue weighted by Crippen LogP contribution is -2.40. The van der Waals surface area contributed by atoms with Gasteiger partial charge in [0.25, 0.3) is 0 Å². The van der Waals surface area contributed by atoms with Crippen LogP contribution in [0, 0.1) is 11.6 Å². The van der Waals surface area contributed by atoms with Gasteiger partial charge in [0, 0.05) is 54.1 Å². The summed E-state index contributed by atoms with van der Waals surface area (Å²) in [6, 6.07) is 13.2. The second-order valence-electron chi connectivity index (χ2n) is 8.42. The Kier molecular flexibility index (Phi) is 5.90. The Labute approximate surface area is 195 Å². The minimum atomic E-state index is -0.640. The Morgan fingerprint density at radius 3 is 2.47 bits per heavy atom.